The first kappa shape index (κ1) is 10.5. The highest BCUT2D eigenvalue weighted by Gasteiger charge is 2.23. The van der Waals surface area contributed by atoms with E-state index < -0.39 is 0 Å². The molecule has 2 heteroatoms. The monoisotopic (exact) mass is 206 g/mol. The first-order valence-electron chi connectivity index (χ1n) is 5.71. The van der Waals surface area contributed by atoms with E-state index in [0.29, 0.717) is 12.3 Å². The molecule has 0 aromatic heterocycles. The van der Waals surface area contributed by atoms with Gasteiger partial charge >= 0.3 is 0 Å². The summed E-state index contributed by atoms with van der Waals surface area (Å²) in [6.07, 6.45) is 5.23. The van der Waals surface area contributed by atoms with Crippen LogP contribution in [-0.2, 0) is 6.42 Å². The molecule has 0 spiro atoms. The van der Waals surface area contributed by atoms with Crippen LogP contribution >= 0.6 is 0 Å². The van der Waals surface area contributed by atoms with Crippen molar-refractivity contribution < 1.29 is 10.2 Å². The van der Waals surface area contributed by atoms with Gasteiger partial charge in [0.25, 0.3) is 0 Å². The quantitative estimate of drug-likeness (QED) is 0.797. The Morgan fingerprint density at radius 1 is 1.27 bits per heavy atom. The molecule has 0 bridgehead atoms. The number of aliphatic hydroxyl groups excluding tert-OH is 1. The lowest BCUT2D eigenvalue weighted by Crippen LogP contribution is -2.20. The Morgan fingerprint density at radius 3 is 2.67 bits per heavy atom. The van der Waals surface area contributed by atoms with Crippen molar-refractivity contribution in [1.29, 1.82) is 0 Å². The summed E-state index contributed by atoms with van der Waals surface area (Å²) in [7, 11) is 0. The maximum Gasteiger partial charge on any atom is 0.115 e. The summed E-state index contributed by atoms with van der Waals surface area (Å²) in [6.45, 7) is 0. The molecule has 1 unspecified atom stereocenters. The van der Waals surface area contributed by atoms with Crippen LogP contribution in [0.4, 0.5) is 0 Å². The van der Waals surface area contributed by atoms with E-state index >= 15 is 0 Å². The van der Waals surface area contributed by atoms with Crippen molar-refractivity contribution in [3.63, 3.8) is 0 Å². The molecule has 1 aliphatic carbocycles. The number of hydrogen-bond acceptors (Lipinski definition) is 2. The minimum atomic E-state index is -0.241. The molecule has 1 aliphatic rings. The molecule has 2 rings (SSSR count). The SMILES string of the molecule is Oc1cccc(CC(O)C2CCCC2)c1. The Labute approximate surface area is 90.6 Å². The van der Waals surface area contributed by atoms with Crippen LogP contribution in [0.15, 0.2) is 24.3 Å². The van der Waals surface area contributed by atoms with E-state index in [0.717, 1.165) is 18.4 Å². The summed E-state index contributed by atoms with van der Waals surface area (Å²) in [5, 5.41) is 19.3. The van der Waals surface area contributed by atoms with Crippen molar-refractivity contribution >= 4 is 0 Å². The third-order valence-electron chi connectivity index (χ3n) is 3.30. The number of phenols is 1. The van der Waals surface area contributed by atoms with Gasteiger partial charge in [-0.05, 0) is 42.9 Å². The van der Waals surface area contributed by atoms with Crippen LogP contribution < -0.4 is 0 Å². The fraction of sp³-hybridized carbons (Fsp3) is 0.538. The Hall–Kier alpha value is -1.02. The summed E-state index contributed by atoms with van der Waals surface area (Å²) in [4.78, 5) is 0. The normalized spacial score (nSPS) is 19.3. The summed E-state index contributed by atoms with van der Waals surface area (Å²) in [5.74, 6) is 0.749. The topological polar surface area (TPSA) is 40.5 Å². The lowest BCUT2D eigenvalue weighted by molar-refractivity contribution is 0.111. The minimum Gasteiger partial charge on any atom is -0.508 e. The average Bonchev–Trinajstić information content (AvgIpc) is 2.70. The third-order valence-corrected chi connectivity index (χ3v) is 3.30. The lowest BCUT2D eigenvalue weighted by Gasteiger charge is -2.17. The van der Waals surface area contributed by atoms with Gasteiger partial charge < -0.3 is 10.2 Å². The standard InChI is InChI=1S/C13H18O2/c14-12-7-3-4-10(8-12)9-13(15)11-5-1-2-6-11/h3-4,7-8,11,13-15H,1-2,5-6,9H2. The van der Waals surface area contributed by atoms with E-state index in [9.17, 15) is 10.2 Å². The van der Waals surface area contributed by atoms with Gasteiger partial charge in [0.2, 0.25) is 0 Å². The van der Waals surface area contributed by atoms with Crippen LogP contribution in [0.5, 0.6) is 5.75 Å². The van der Waals surface area contributed by atoms with Gasteiger partial charge in [0.05, 0.1) is 6.10 Å². The maximum absolute atomic E-state index is 10.0. The zero-order valence-electron chi connectivity index (χ0n) is 8.89. The third kappa shape index (κ3) is 2.72. The van der Waals surface area contributed by atoms with E-state index in [1.165, 1.54) is 12.8 Å². The van der Waals surface area contributed by atoms with Crippen molar-refractivity contribution in [2.45, 2.75) is 38.2 Å². The first-order valence-corrected chi connectivity index (χ1v) is 5.71. The molecule has 15 heavy (non-hydrogen) atoms. The fourth-order valence-corrected chi connectivity index (χ4v) is 2.43. The van der Waals surface area contributed by atoms with Crippen LogP contribution in [0.25, 0.3) is 0 Å². The van der Waals surface area contributed by atoms with E-state index in [-0.39, 0.29) is 11.9 Å². The van der Waals surface area contributed by atoms with Crippen molar-refractivity contribution in [2.24, 2.45) is 5.92 Å². The number of rotatable bonds is 3. The van der Waals surface area contributed by atoms with Crippen molar-refractivity contribution in [1.82, 2.24) is 0 Å². The summed E-state index contributed by atoms with van der Waals surface area (Å²) in [5.41, 5.74) is 1.02. The molecule has 2 N–H and O–H groups in total. The summed E-state index contributed by atoms with van der Waals surface area (Å²) in [6, 6.07) is 7.17. The van der Waals surface area contributed by atoms with Gasteiger partial charge in [0, 0.05) is 0 Å². The van der Waals surface area contributed by atoms with Gasteiger partial charge in [-0.25, -0.2) is 0 Å². The molecule has 1 atom stereocenters. The van der Waals surface area contributed by atoms with Gasteiger partial charge in [-0.3, -0.25) is 0 Å². The van der Waals surface area contributed by atoms with E-state index in [1.807, 2.05) is 12.1 Å². The van der Waals surface area contributed by atoms with Crippen LogP contribution in [0.2, 0.25) is 0 Å². The fourth-order valence-electron chi connectivity index (χ4n) is 2.43. The Balaban J connectivity index is 1.95. The van der Waals surface area contributed by atoms with Gasteiger partial charge in [-0.2, -0.15) is 0 Å². The van der Waals surface area contributed by atoms with E-state index in [1.54, 1.807) is 12.1 Å². The Kier molecular flexibility index (Phi) is 3.27. The molecule has 0 radical (unpaired) electrons. The van der Waals surface area contributed by atoms with Gasteiger partial charge in [0.1, 0.15) is 5.75 Å². The second-order valence-corrected chi connectivity index (χ2v) is 4.49. The number of hydrogen-bond donors (Lipinski definition) is 2. The van der Waals surface area contributed by atoms with Crippen LogP contribution in [-0.4, -0.2) is 16.3 Å². The van der Waals surface area contributed by atoms with Crippen LogP contribution in [0, 0.1) is 5.92 Å². The van der Waals surface area contributed by atoms with Crippen molar-refractivity contribution in [3.8, 4) is 5.75 Å². The zero-order valence-corrected chi connectivity index (χ0v) is 8.89. The number of aliphatic hydroxyl groups is 1. The predicted molar refractivity (Wildman–Crippen MR) is 59.8 cm³/mol. The molecule has 1 aromatic carbocycles. The Bertz CT molecular complexity index is 316. The number of aromatic hydroxyl groups is 1. The molecule has 0 heterocycles. The van der Waals surface area contributed by atoms with Crippen LogP contribution in [0.3, 0.4) is 0 Å². The number of phenolic OH excluding ortho intramolecular Hbond substituents is 1. The molecular weight excluding hydrogens is 188 g/mol. The number of benzene rings is 1. The highest BCUT2D eigenvalue weighted by Crippen LogP contribution is 2.29. The van der Waals surface area contributed by atoms with Gasteiger partial charge in [0.15, 0.2) is 0 Å². The molecular formula is C13H18O2. The van der Waals surface area contributed by atoms with E-state index in [2.05, 4.69) is 0 Å². The molecule has 82 valence electrons. The summed E-state index contributed by atoms with van der Waals surface area (Å²) < 4.78 is 0. The smallest absolute Gasteiger partial charge is 0.115 e. The highest BCUT2D eigenvalue weighted by atomic mass is 16.3. The second kappa shape index (κ2) is 4.67. The highest BCUT2D eigenvalue weighted by molar-refractivity contribution is 5.27. The second-order valence-electron chi connectivity index (χ2n) is 4.49. The van der Waals surface area contributed by atoms with Crippen molar-refractivity contribution in [3.05, 3.63) is 29.8 Å². The maximum atomic E-state index is 10.0. The molecule has 0 saturated heterocycles. The average molecular weight is 206 g/mol. The molecule has 1 fully saturated rings. The van der Waals surface area contributed by atoms with Crippen LogP contribution in [0.1, 0.15) is 31.2 Å². The lowest BCUT2D eigenvalue weighted by atomic mass is 9.95. The molecule has 0 aliphatic heterocycles. The largest absolute Gasteiger partial charge is 0.508 e. The zero-order chi connectivity index (χ0) is 10.7. The van der Waals surface area contributed by atoms with Gasteiger partial charge in [-0.1, -0.05) is 25.0 Å². The minimum absolute atomic E-state index is 0.241. The Morgan fingerprint density at radius 2 is 2.00 bits per heavy atom. The summed E-state index contributed by atoms with van der Waals surface area (Å²) >= 11 is 0. The predicted octanol–water partition coefficient (Wildman–Crippen LogP) is 2.49. The van der Waals surface area contributed by atoms with E-state index in [4.69, 9.17) is 0 Å². The van der Waals surface area contributed by atoms with Gasteiger partial charge in [-0.15, -0.1) is 0 Å². The molecule has 1 aromatic rings. The molecule has 0 amide bonds. The first-order chi connectivity index (χ1) is 7.25. The van der Waals surface area contributed by atoms with Crippen molar-refractivity contribution in [2.75, 3.05) is 0 Å². The molecule has 1 saturated carbocycles. The molecule has 2 nitrogen and oxygen atoms in total.